The number of benzene rings is 1. The van der Waals surface area contributed by atoms with Crippen molar-refractivity contribution >= 4 is 11.6 Å². The van der Waals surface area contributed by atoms with Crippen LogP contribution in [0.1, 0.15) is 36.0 Å². The summed E-state index contributed by atoms with van der Waals surface area (Å²) in [5.74, 6) is -0.228. The maximum Gasteiger partial charge on any atom is 0.269 e. The van der Waals surface area contributed by atoms with Crippen molar-refractivity contribution in [2.24, 2.45) is 0 Å². The van der Waals surface area contributed by atoms with Crippen LogP contribution in [0.2, 0.25) is 0 Å². The van der Waals surface area contributed by atoms with Gasteiger partial charge in [0.05, 0.1) is 11.0 Å². The summed E-state index contributed by atoms with van der Waals surface area (Å²) in [6.45, 7) is 0.0560. The van der Waals surface area contributed by atoms with E-state index in [4.69, 9.17) is 5.26 Å². The molecule has 6 heteroatoms. The Morgan fingerprint density at radius 3 is 2.45 bits per heavy atom. The zero-order valence-corrected chi connectivity index (χ0v) is 11.0. The number of nitrogens with zero attached hydrogens (tertiary/aromatic N) is 3. The number of non-ortho nitro benzene ring substituents is 1. The van der Waals surface area contributed by atoms with Gasteiger partial charge in [0.2, 0.25) is 0 Å². The number of amides is 1. The molecule has 0 radical (unpaired) electrons. The number of rotatable bonds is 4. The molecule has 1 amide bonds. The summed E-state index contributed by atoms with van der Waals surface area (Å²) in [4.78, 5) is 24.1. The lowest BCUT2D eigenvalue weighted by atomic mass is 10.1. The van der Waals surface area contributed by atoms with Crippen molar-refractivity contribution in [3.05, 3.63) is 39.9 Å². The van der Waals surface area contributed by atoms with Crippen LogP contribution in [-0.4, -0.2) is 28.3 Å². The molecule has 1 aromatic carbocycles. The summed E-state index contributed by atoms with van der Waals surface area (Å²) in [5, 5.41) is 19.5. The zero-order valence-electron chi connectivity index (χ0n) is 11.0. The molecule has 1 saturated carbocycles. The molecule has 0 aliphatic heterocycles. The third kappa shape index (κ3) is 2.94. The second-order valence-corrected chi connectivity index (χ2v) is 4.83. The van der Waals surface area contributed by atoms with Gasteiger partial charge in [0.15, 0.2) is 0 Å². The first-order valence-corrected chi connectivity index (χ1v) is 6.56. The van der Waals surface area contributed by atoms with Crippen LogP contribution in [0.4, 0.5) is 5.69 Å². The molecule has 1 aliphatic rings. The monoisotopic (exact) mass is 273 g/mol. The number of nitro benzene ring substituents is 1. The van der Waals surface area contributed by atoms with Crippen molar-refractivity contribution in [1.82, 2.24) is 4.90 Å². The van der Waals surface area contributed by atoms with Crippen molar-refractivity contribution in [2.45, 2.75) is 31.7 Å². The van der Waals surface area contributed by atoms with Crippen LogP contribution in [0.5, 0.6) is 0 Å². The molecule has 0 saturated heterocycles. The lowest BCUT2D eigenvalue weighted by molar-refractivity contribution is -0.384. The van der Waals surface area contributed by atoms with Crippen molar-refractivity contribution < 1.29 is 9.72 Å². The molecule has 0 aromatic heterocycles. The highest BCUT2D eigenvalue weighted by Gasteiger charge is 2.27. The Labute approximate surface area is 116 Å². The Hall–Kier alpha value is -2.42. The van der Waals surface area contributed by atoms with Gasteiger partial charge in [-0.15, -0.1) is 0 Å². The summed E-state index contributed by atoms with van der Waals surface area (Å²) in [5.41, 5.74) is 0.340. The second-order valence-electron chi connectivity index (χ2n) is 4.83. The normalized spacial score (nSPS) is 14.8. The van der Waals surface area contributed by atoms with E-state index in [-0.39, 0.29) is 24.2 Å². The van der Waals surface area contributed by atoms with E-state index in [9.17, 15) is 14.9 Å². The molecule has 2 rings (SSSR count). The molecule has 0 bridgehead atoms. The molecule has 1 fully saturated rings. The lowest BCUT2D eigenvalue weighted by Crippen LogP contribution is -2.39. The highest BCUT2D eigenvalue weighted by molar-refractivity contribution is 5.94. The Kier molecular flexibility index (Phi) is 4.31. The minimum absolute atomic E-state index is 0.0470. The van der Waals surface area contributed by atoms with Crippen molar-refractivity contribution in [2.75, 3.05) is 6.54 Å². The largest absolute Gasteiger partial charge is 0.322 e. The topological polar surface area (TPSA) is 87.2 Å². The van der Waals surface area contributed by atoms with Crippen LogP contribution in [0.15, 0.2) is 24.3 Å². The molecule has 0 unspecified atom stereocenters. The van der Waals surface area contributed by atoms with E-state index in [0.717, 1.165) is 25.7 Å². The number of nitriles is 1. The summed E-state index contributed by atoms with van der Waals surface area (Å²) < 4.78 is 0. The first-order valence-electron chi connectivity index (χ1n) is 6.56. The Bertz CT molecular complexity index is 542. The van der Waals surface area contributed by atoms with Crippen LogP contribution in [-0.2, 0) is 0 Å². The van der Waals surface area contributed by atoms with Crippen molar-refractivity contribution in [3.63, 3.8) is 0 Å². The first-order chi connectivity index (χ1) is 9.63. The molecule has 20 heavy (non-hydrogen) atoms. The van der Waals surface area contributed by atoms with E-state index in [1.54, 1.807) is 4.90 Å². The predicted molar refractivity (Wildman–Crippen MR) is 72.0 cm³/mol. The zero-order chi connectivity index (χ0) is 14.5. The highest BCUT2D eigenvalue weighted by Crippen LogP contribution is 2.25. The maximum absolute atomic E-state index is 12.4. The van der Waals surface area contributed by atoms with E-state index in [1.165, 1.54) is 24.3 Å². The molecular weight excluding hydrogens is 258 g/mol. The van der Waals surface area contributed by atoms with E-state index >= 15 is 0 Å². The minimum Gasteiger partial charge on any atom is -0.322 e. The molecule has 0 atom stereocenters. The van der Waals surface area contributed by atoms with Gasteiger partial charge in [0.1, 0.15) is 6.54 Å². The quantitative estimate of drug-likeness (QED) is 0.479. The molecule has 6 nitrogen and oxygen atoms in total. The van der Waals surface area contributed by atoms with Gasteiger partial charge in [0, 0.05) is 23.7 Å². The SMILES string of the molecule is N#CCN(C(=O)c1ccc([N+](=O)[O-])cc1)C1CCCC1. The van der Waals surface area contributed by atoms with Gasteiger partial charge in [-0.25, -0.2) is 0 Å². The summed E-state index contributed by atoms with van der Waals surface area (Å²) >= 11 is 0. The van der Waals surface area contributed by atoms with Crippen LogP contribution in [0, 0.1) is 21.4 Å². The second kappa shape index (κ2) is 6.15. The number of carbonyl (C=O) groups excluding carboxylic acids is 1. The Balaban J connectivity index is 2.18. The number of hydrogen-bond donors (Lipinski definition) is 0. The average Bonchev–Trinajstić information content (AvgIpc) is 2.98. The van der Waals surface area contributed by atoms with Gasteiger partial charge < -0.3 is 4.90 Å². The number of nitro groups is 1. The van der Waals surface area contributed by atoms with Gasteiger partial charge >= 0.3 is 0 Å². The number of hydrogen-bond acceptors (Lipinski definition) is 4. The van der Waals surface area contributed by atoms with E-state index in [2.05, 4.69) is 0 Å². The lowest BCUT2D eigenvalue weighted by Gasteiger charge is -2.26. The maximum atomic E-state index is 12.4. The summed E-state index contributed by atoms with van der Waals surface area (Å²) in [7, 11) is 0. The predicted octanol–water partition coefficient (Wildman–Crippen LogP) is 2.50. The van der Waals surface area contributed by atoms with Gasteiger partial charge in [-0.05, 0) is 25.0 Å². The third-order valence-corrected chi connectivity index (χ3v) is 3.59. The molecule has 0 heterocycles. The Morgan fingerprint density at radius 1 is 1.35 bits per heavy atom. The fourth-order valence-electron chi connectivity index (χ4n) is 2.55. The molecular formula is C14H15N3O3. The highest BCUT2D eigenvalue weighted by atomic mass is 16.6. The van der Waals surface area contributed by atoms with Crippen LogP contribution >= 0.6 is 0 Å². The van der Waals surface area contributed by atoms with Crippen molar-refractivity contribution in [1.29, 1.82) is 5.26 Å². The fraction of sp³-hybridized carbons (Fsp3) is 0.429. The first kappa shape index (κ1) is 14.0. The minimum atomic E-state index is -0.502. The molecule has 104 valence electrons. The van der Waals surface area contributed by atoms with Crippen LogP contribution in [0.3, 0.4) is 0 Å². The molecule has 1 aromatic rings. The molecule has 0 N–H and O–H groups in total. The fourth-order valence-corrected chi connectivity index (χ4v) is 2.55. The standard InChI is InChI=1S/C14H15N3O3/c15-9-10-16(12-3-1-2-4-12)14(18)11-5-7-13(8-6-11)17(19)20/h5-8,12H,1-4,10H2. The number of carbonyl (C=O) groups is 1. The third-order valence-electron chi connectivity index (χ3n) is 3.59. The van der Waals surface area contributed by atoms with E-state index in [0.29, 0.717) is 5.56 Å². The van der Waals surface area contributed by atoms with Crippen molar-refractivity contribution in [3.8, 4) is 6.07 Å². The summed E-state index contributed by atoms with van der Waals surface area (Å²) in [6, 6.07) is 7.64. The average molecular weight is 273 g/mol. The van der Waals surface area contributed by atoms with E-state index < -0.39 is 4.92 Å². The van der Waals surface area contributed by atoms with E-state index in [1.807, 2.05) is 6.07 Å². The van der Waals surface area contributed by atoms with Gasteiger partial charge in [-0.3, -0.25) is 14.9 Å². The van der Waals surface area contributed by atoms with Crippen LogP contribution < -0.4 is 0 Å². The summed E-state index contributed by atoms with van der Waals surface area (Å²) in [6.07, 6.45) is 3.97. The van der Waals surface area contributed by atoms with Gasteiger partial charge in [-0.2, -0.15) is 5.26 Å². The Morgan fingerprint density at radius 2 is 1.95 bits per heavy atom. The molecule has 1 aliphatic carbocycles. The molecule has 0 spiro atoms. The van der Waals surface area contributed by atoms with Crippen LogP contribution in [0.25, 0.3) is 0 Å². The van der Waals surface area contributed by atoms with Gasteiger partial charge in [-0.1, -0.05) is 12.8 Å². The van der Waals surface area contributed by atoms with Gasteiger partial charge in [0.25, 0.3) is 11.6 Å². The smallest absolute Gasteiger partial charge is 0.269 e.